The fourth-order valence-electron chi connectivity index (χ4n) is 2.61. The Morgan fingerprint density at radius 3 is 1.96 bits per heavy atom. The summed E-state index contributed by atoms with van der Waals surface area (Å²) in [6.45, 7) is 2.91. The highest BCUT2D eigenvalue weighted by Crippen LogP contribution is 2.31. The molecule has 3 rings (SSSR count). The Morgan fingerprint density at radius 2 is 1.44 bits per heavy atom. The summed E-state index contributed by atoms with van der Waals surface area (Å²) in [6.07, 6.45) is 2.10. The van der Waals surface area contributed by atoms with Crippen molar-refractivity contribution in [1.29, 1.82) is 5.26 Å². The third-order valence-corrected chi connectivity index (χ3v) is 3.92. The zero-order valence-corrected chi connectivity index (χ0v) is 14.2. The topological polar surface area (TPSA) is 61.6 Å². The van der Waals surface area contributed by atoms with E-state index < -0.39 is 0 Å². The van der Waals surface area contributed by atoms with Gasteiger partial charge in [-0.05, 0) is 6.42 Å². The molecular weight excluding hydrogens is 308 g/mol. The van der Waals surface area contributed by atoms with Gasteiger partial charge in [-0.1, -0.05) is 74.0 Å². The number of rotatable bonds is 6. The van der Waals surface area contributed by atoms with E-state index in [0.717, 1.165) is 41.9 Å². The molecule has 1 N–H and O–H groups in total. The number of nitriles is 1. The molecule has 0 unspecified atom stereocenters. The number of aromatic nitrogens is 2. The minimum atomic E-state index is 0.328. The highest BCUT2D eigenvalue weighted by molar-refractivity contribution is 5.79. The number of hydrogen-bond donors (Lipinski definition) is 1. The van der Waals surface area contributed by atoms with Crippen molar-refractivity contribution in [2.45, 2.75) is 19.8 Å². The standard InChI is InChI=1S/C21H20N4/c1-2-3-14-23-21-18(15-22)24-19(16-10-6-4-7-11-16)20(25-21)17-12-8-5-9-13-17/h4-13H,2-3,14H2,1H3,(H,23,25). The summed E-state index contributed by atoms with van der Waals surface area (Å²) in [5, 5.41) is 12.8. The minimum absolute atomic E-state index is 0.328. The maximum absolute atomic E-state index is 9.52. The first kappa shape index (κ1) is 16.7. The van der Waals surface area contributed by atoms with Crippen molar-refractivity contribution in [3.8, 4) is 28.6 Å². The van der Waals surface area contributed by atoms with Crippen LogP contribution in [0.1, 0.15) is 25.5 Å². The van der Waals surface area contributed by atoms with Crippen LogP contribution in [0.4, 0.5) is 5.82 Å². The lowest BCUT2D eigenvalue weighted by molar-refractivity contribution is 0.830. The van der Waals surface area contributed by atoms with Crippen LogP contribution in [0.25, 0.3) is 22.5 Å². The minimum Gasteiger partial charge on any atom is -0.368 e. The molecule has 0 amide bonds. The predicted molar refractivity (Wildman–Crippen MR) is 101 cm³/mol. The molecule has 0 saturated heterocycles. The van der Waals surface area contributed by atoms with Gasteiger partial charge >= 0.3 is 0 Å². The van der Waals surface area contributed by atoms with Gasteiger partial charge in [0, 0.05) is 17.7 Å². The van der Waals surface area contributed by atoms with Gasteiger partial charge in [0.05, 0.1) is 11.4 Å². The summed E-state index contributed by atoms with van der Waals surface area (Å²) in [5.41, 5.74) is 3.77. The molecule has 124 valence electrons. The number of benzene rings is 2. The maximum atomic E-state index is 9.52. The lowest BCUT2D eigenvalue weighted by Crippen LogP contribution is -2.08. The van der Waals surface area contributed by atoms with Gasteiger partial charge < -0.3 is 5.32 Å². The first-order chi connectivity index (χ1) is 12.3. The largest absolute Gasteiger partial charge is 0.368 e. The molecule has 0 aliphatic carbocycles. The summed E-state index contributed by atoms with van der Waals surface area (Å²) in [4.78, 5) is 9.40. The molecule has 1 heterocycles. The van der Waals surface area contributed by atoms with Gasteiger partial charge in [-0.15, -0.1) is 0 Å². The van der Waals surface area contributed by atoms with E-state index in [0.29, 0.717) is 11.5 Å². The molecule has 0 saturated carbocycles. The molecule has 2 aromatic carbocycles. The quantitative estimate of drug-likeness (QED) is 0.654. The van der Waals surface area contributed by atoms with Crippen LogP contribution in [-0.2, 0) is 0 Å². The molecule has 25 heavy (non-hydrogen) atoms. The molecule has 3 aromatic rings. The van der Waals surface area contributed by atoms with Crippen molar-refractivity contribution in [2.75, 3.05) is 11.9 Å². The van der Waals surface area contributed by atoms with Gasteiger partial charge in [-0.25, -0.2) is 9.97 Å². The summed E-state index contributed by atoms with van der Waals surface area (Å²) in [6, 6.07) is 22.0. The van der Waals surface area contributed by atoms with Gasteiger partial charge in [0.2, 0.25) is 0 Å². The van der Waals surface area contributed by atoms with E-state index in [2.05, 4.69) is 23.3 Å². The van der Waals surface area contributed by atoms with E-state index in [4.69, 9.17) is 4.98 Å². The SMILES string of the molecule is CCCCNc1nc(-c2ccccc2)c(-c2ccccc2)nc1C#N. The van der Waals surface area contributed by atoms with Crippen molar-refractivity contribution < 1.29 is 0 Å². The van der Waals surface area contributed by atoms with Crippen LogP contribution in [0.2, 0.25) is 0 Å². The Bertz CT molecular complexity index is 868. The molecule has 0 fully saturated rings. The molecule has 0 radical (unpaired) electrons. The lowest BCUT2D eigenvalue weighted by atomic mass is 10.0. The van der Waals surface area contributed by atoms with Gasteiger partial charge in [0.1, 0.15) is 6.07 Å². The average Bonchev–Trinajstić information content (AvgIpc) is 2.69. The smallest absolute Gasteiger partial charge is 0.183 e. The van der Waals surface area contributed by atoms with Crippen molar-refractivity contribution in [2.24, 2.45) is 0 Å². The maximum Gasteiger partial charge on any atom is 0.183 e. The Kier molecular flexibility index (Phi) is 5.38. The van der Waals surface area contributed by atoms with Crippen molar-refractivity contribution >= 4 is 5.82 Å². The predicted octanol–water partition coefficient (Wildman–Crippen LogP) is 4.89. The zero-order chi connectivity index (χ0) is 17.5. The zero-order valence-electron chi connectivity index (χ0n) is 14.2. The first-order valence-electron chi connectivity index (χ1n) is 8.50. The first-order valence-corrected chi connectivity index (χ1v) is 8.50. The van der Waals surface area contributed by atoms with Crippen molar-refractivity contribution in [3.63, 3.8) is 0 Å². The average molecular weight is 328 g/mol. The molecule has 0 atom stereocenters. The number of hydrogen-bond acceptors (Lipinski definition) is 4. The third kappa shape index (κ3) is 3.84. The second-order valence-electron chi connectivity index (χ2n) is 5.74. The fourth-order valence-corrected chi connectivity index (χ4v) is 2.61. The second kappa shape index (κ2) is 8.07. The van der Waals surface area contributed by atoms with Gasteiger partial charge in [-0.2, -0.15) is 5.26 Å². The molecule has 0 bridgehead atoms. The van der Waals surface area contributed by atoms with E-state index in [1.807, 2.05) is 60.7 Å². The summed E-state index contributed by atoms with van der Waals surface area (Å²) in [7, 11) is 0. The van der Waals surface area contributed by atoms with Gasteiger partial charge in [0.15, 0.2) is 11.5 Å². The summed E-state index contributed by atoms with van der Waals surface area (Å²) < 4.78 is 0. The van der Waals surface area contributed by atoms with Crippen LogP contribution in [0.5, 0.6) is 0 Å². The number of unbranched alkanes of at least 4 members (excludes halogenated alkanes) is 1. The van der Waals surface area contributed by atoms with Crippen LogP contribution in [0, 0.1) is 11.3 Å². The number of nitrogens with zero attached hydrogens (tertiary/aromatic N) is 3. The number of nitrogens with one attached hydrogen (secondary N) is 1. The highest BCUT2D eigenvalue weighted by Gasteiger charge is 2.16. The Morgan fingerprint density at radius 1 is 0.880 bits per heavy atom. The molecule has 0 spiro atoms. The monoisotopic (exact) mass is 328 g/mol. The summed E-state index contributed by atoms with van der Waals surface area (Å²) in [5.74, 6) is 0.550. The fraction of sp³-hybridized carbons (Fsp3) is 0.190. The normalized spacial score (nSPS) is 10.2. The van der Waals surface area contributed by atoms with Crippen LogP contribution in [0.15, 0.2) is 60.7 Å². The molecule has 4 heteroatoms. The highest BCUT2D eigenvalue weighted by atomic mass is 15.0. The molecule has 0 aliphatic heterocycles. The summed E-state index contributed by atoms with van der Waals surface area (Å²) >= 11 is 0. The Balaban J connectivity index is 2.15. The second-order valence-corrected chi connectivity index (χ2v) is 5.74. The molecular formula is C21H20N4. The van der Waals surface area contributed by atoms with Crippen molar-refractivity contribution in [1.82, 2.24) is 9.97 Å². The number of anilines is 1. The molecule has 1 aromatic heterocycles. The van der Waals surface area contributed by atoms with Crippen LogP contribution < -0.4 is 5.32 Å². The van der Waals surface area contributed by atoms with Crippen LogP contribution in [-0.4, -0.2) is 16.5 Å². The van der Waals surface area contributed by atoms with E-state index in [1.165, 1.54) is 0 Å². The van der Waals surface area contributed by atoms with E-state index >= 15 is 0 Å². The Hall–Kier alpha value is -3.19. The Labute approximate surface area is 148 Å². The molecule has 4 nitrogen and oxygen atoms in total. The lowest BCUT2D eigenvalue weighted by Gasteiger charge is -2.13. The van der Waals surface area contributed by atoms with Crippen molar-refractivity contribution in [3.05, 3.63) is 66.4 Å². The molecule has 0 aliphatic rings. The third-order valence-electron chi connectivity index (χ3n) is 3.92. The van der Waals surface area contributed by atoms with E-state index in [-0.39, 0.29) is 0 Å². The van der Waals surface area contributed by atoms with Crippen LogP contribution >= 0.6 is 0 Å². The van der Waals surface area contributed by atoms with Gasteiger partial charge in [0.25, 0.3) is 0 Å². The van der Waals surface area contributed by atoms with E-state index in [9.17, 15) is 5.26 Å². The van der Waals surface area contributed by atoms with E-state index in [1.54, 1.807) is 0 Å². The van der Waals surface area contributed by atoms with Gasteiger partial charge in [-0.3, -0.25) is 0 Å². The van der Waals surface area contributed by atoms with Crippen LogP contribution in [0.3, 0.4) is 0 Å².